The highest BCUT2D eigenvalue weighted by Gasteiger charge is 2.44. The van der Waals surface area contributed by atoms with E-state index in [4.69, 9.17) is 4.42 Å². The summed E-state index contributed by atoms with van der Waals surface area (Å²) in [6, 6.07) is 20.2. The van der Waals surface area contributed by atoms with Crippen LogP contribution in [-0.4, -0.2) is 26.7 Å². The first kappa shape index (κ1) is 19.9. The number of hydrogen-bond donors (Lipinski definition) is 2. The standard InChI is InChI=1S/C26H22N2O4/c29-22(13-12-17-7-2-1-3-8-17)23-24(20-15-27-21-11-5-4-10-19(20)21)28(26(31)25(23)30)16-18-9-6-14-32-18/h1-11,14-15,24,27,30H,12-13,16H2. The Morgan fingerprint density at radius 3 is 2.59 bits per heavy atom. The number of aromatic nitrogens is 1. The highest BCUT2D eigenvalue weighted by atomic mass is 16.3. The van der Waals surface area contributed by atoms with Crippen molar-refractivity contribution in [3.8, 4) is 0 Å². The van der Waals surface area contributed by atoms with Gasteiger partial charge in [0.25, 0.3) is 5.91 Å². The molecule has 0 aliphatic carbocycles. The number of nitrogens with one attached hydrogen (secondary N) is 1. The number of furan rings is 1. The first-order valence-corrected chi connectivity index (χ1v) is 10.5. The number of benzene rings is 2. The molecule has 0 bridgehead atoms. The van der Waals surface area contributed by atoms with E-state index in [1.165, 1.54) is 11.2 Å². The first-order valence-electron chi connectivity index (χ1n) is 10.5. The molecule has 0 saturated carbocycles. The molecule has 1 amide bonds. The fraction of sp³-hybridized carbons (Fsp3) is 0.154. The van der Waals surface area contributed by atoms with Crippen LogP contribution in [0.4, 0.5) is 0 Å². The van der Waals surface area contributed by atoms with Gasteiger partial charge in [0.1, 0.15) is 5.76 Å². The maximum absolute atomic E-state index is 13.3. The second-order valence-electron chi connectivity index (χ2n) is 7.88. The number of Topliss-reactive ketones (excluding diaryl/α,β-unsaturated/α-hetero) is 1. The number of aliphatic hydroxyl groups excluding tert-OH is 1. The molecular weight excluding hydrogens is 404 g/mol. The van der Waals surface area contributed by atoms with Crippen LogP contribution in [0.25, 0.3) is 10.9 Å². The minimum atomic E-state index is -0.702. The van der Waals surface area contributed by atoms with E-state index in [2.05, 4.69) is 4.98 Å². The monoisotopic (exact) mass is 426 g/mol. The van der Waals surface area contributed by atoms with E-state index in [1.54, 1.807) is 18.3 Å². The Balaban J connectivity index is 1.53. The molecule has 0 saturated heterocycles. The number of fused-ring (bicyclic) bond motifs is 1. The number of nitrogens with zero attached hydrogens (tertiary/aromatic N) is 1. The van der Waals surface area contributed by atoms with Crippen molar-refractivity contribution in [1.29, 1.82) is 0 Å². The molecule has 2 aromatic carbocycles. The lowest BCUT2D eigenvalue weighted by Crippen LogP contribution is -2.30. The molecule has 0 fully saturated rings. The van der Waals surface area contributed by atoms with Gasteiger partial charge < -0.3 is 19.4 Å². The zero-order chi connectivity index (χ0) is 22.1. The van der Waals surface area contributed by atoms with Crippen molar-refractivity contribution in [3.63, 3.8) is 0 Å². The number of carbonyl (C=O) groups is 2. The molecule has 2 N–H and O–H groups in total. The van der Waals surface area contributed by atoms with Gasteiger partial charge in [-0.2, -0.15) is 0 Å². The van der Waals surface area contributed by atoms with Crippen LogP contribution in [0.3, 0.4) is 0 Å². The Kier molecular flexibility index (Phi) is 5.11. The highest BCUT2D eigenvalue weighted by molar-refractivity contribution is 6.09. The van der Waals surface area contributed by atoms with Crippen molar-refractivity contribution < 1.29 is 19.1 Å². The third-order valence-electron chi connectivity index (χ3n) is 5.91. The second-order valence-corrected chi connectivity index (χ2v) is 7.88. The van der Waals surface area contributed by atoms with Gasteiger partial charge in [0.05, 0.1) is 24.4 Å². The summed E-state index contributed by atoms with van der Waals surface area (Å²) in [5, 5.41) is 11.7. The average Bonchev–Trinajstić information content (AvgIpc) is 3.54. The number of carbonyl (C=O) groups excluding carboxylic acids is 2. The lowest BCUT2D eigenvalue weighted by Gasteiger charge is -2.25. The van der Waals surface area contributed by atoms with Gasteiger partial charge in [-0.25, -0.2) is 0 Å². The zero-order valence-corrected chi connectivity index (χ0v) is 17.3. The summed E-state index contributed by atoms with van der Waals surface area (Å²) in [6.45, 7) is 0.148. The number of aliphatic hydroxyl groups is 1. The van der Waals surface area contributed by atoms with Crippen LogP contribution in [0.2, 0.25) is 0 Å². The fourth-order valence-electron chi connectivity index (χ4n) is 4.35. The van der Waals surface area contributed by atoms with Gasteiger partial charge in [0.2, 0.25) is 0 Å². The van der Waals surface area contributed by atoms with Crippen molar-refractivity contribution in [2.24, 2.45) is 0 Å². The number of aromatic amines is 1. The van der Waals surface area contributed by atoms with Gasteiger partial charge in [0, 0.05) is 29.1 Å². The number of ketones is 1. The number of rotatable bonds is 7. The third kappa shape index (κ3) is 3.50. The molecule has 32 heavy (non-hydrogen) atoms. The van der Waals surface area contributed by atoms with Gasteiger partial charge in [-0.15, -0.1) is 0 Å². The maximum Gasteiger partial charge on any atom is 0.290 e. The van der Waals surface area contributed by atoms with Gasteiger partial charge >= 0.3 is 0 Å². The highest BCUT2D eigenvalue weighted by Crippen LogP contribution is 2.42. The molecule has 1 aliphatic rings. The first-order chi connectivity index (χ1) is 15.6. The van der Waals surface area contributed by atoms with Crippen molar-refractivity contribution in [1.82, 2.24) is 9.88 Å². The summed E-state index contributed by atoms with van der Waals surface area (Å²) in [6.07, 6.45) is 4.07. The van der Waals surface area contributed by atoms with E-state index in [1.807, 2.05) is 54.6 Å². The largest absolute Gasteiger partial charge is 0.503 e. The number of H-pyrrole nitrogens is 1. The van der Waals surface area contributed by atoms with Crippen LogP contribution in [0.15, 0.2) is 94.9 Å². The Bertz CT molecular complexity index is 1300. The van der Waals surface area contributed by atoms with Crippen molar-refractivity contribution in [3.05, 3.63) is 107 Å². The van der Waals surface area contributed by atoms with E-state index in [9.17, 15) is 14.7 Å². The molecule has 6 heteroatoms. The number of para-hydroxylation sites is 1. The zero-order valence-electron chi connectivity index (χ0n) is 17.3. The Morgan fingerprint density at radius 1 is 1.03 bits per heavy atom. The van der Waals surface area contributed by atoms with Crippen molar-refractivity contribution in [2.45, 2.75) is 25.4 Å². The Morgan fingerprint density at radius 2 is 1.81 bits per heavy atom. The van der Waals surface area contributed by atoms with Crippen LogP contribution in [-0.2, 0) is 22.6 Å². The predicted molar refractivity (Wildman–Crippen MR) is 120 cm³/mol. The van der Waals surface area contributed by atoms with E-state index < -0.39 is 17.7 Å². The summed E-state index contributed by atoms with van der Waals surface area (Å²) in [5.41, 5.74) is 2.84. The number of aryl methyl sites for hydroxylation is 1. The topological polar surface area (TPSA) is 86.5 Å². The Labute approximate surface area is 184 Å². The van der Waals surface area contributed by atoms with E-state index in [-0.39, 0.29) is 24.3 Å². The molecule has 160 valence electrons. The van der Waals surface area contributed by atoms with Crippen LogP contribution < -0.4 is 0 Å². The molecule has 5 rings (SSSR count). The summed E-state index contributed by atoms with van der Waals surface area (Å²) in [4.78, 5) is 31.1. The summed E-state index contributed by atoms with van der Waals surface area (Å²) >= 11 is 0. The van der Waals surface area contributed by atoms with E-state index in [0.717, 1.165) is 22.0 Å². The Hall–Kier alpha value is -4.06. The van der Waals surface area contributed by atoms with E-state index >= 15 is 0 Å². The van der Waals surface area contributed by atoms with E-state index in [0.29, 0.717) is 12.2 Å². The van der Waals surface area contributed by atoms with Gasteiger partial charge in [-0.1, -0.05) is 48.5 Å². The van der Waals surface area contributed by atoms with Crippen LogP contribution in [0.1, 0.15) is 29.3 Å². The third-order valence-corrected chi connectivity index (χ3v) is 5.91. The lowest BCUT2D eigenvalue weighted by atomic mass is 9.93. The minimum Gasteiger partial charge on any atom is -0.503 e. The summed E-state index contributed by atoms with van der Waals surface area (Å²) < 4.78 is 5.45. The van der Waals surface area contributed by atoms with Gasteiger partial charge in [-0.3, -0.25) is 9.59 Å². The van der Waals surface area contributed by atoms with Crippen LogP contribution >= 0.6 is 0 Å². The molecule has 3 heterocycles. The smallest absolute Gasteiger partial charge is 0.290 e. The molecule has 4 aromatic rings. The summed E-state index contributed by atoms with van der Waals surface area (Å²) in [7, 11) is 0. The molecule has 0 radical (unpaired) electrons. The molecule has 2 aromatic heterocycles. The van der Waals surface area contributed by atoms with Crippen molar-refractivity contribution in [2.75, 3.05) is 0 Å². The van der Waals surface area contributed by atoms with Gasteiger partial charge in [0.15, 0.2) is 11.5 Å². The number of hydrogen-bond acceptors (Lipinski definition) is 4. The molecule has 1 atom stereocenters. The molecule has 1 aliphatic heterocycles. The van der Waals surface area contributed by atoms with Gasteiger partial charge in [-0.05, 0) is 30.2 Å². The lowest BCUT2D eigenvalue weighted by molar-refractivity contribution is -0.130. The molecular formula is C26H22N2O4. The normalized spacial score (nSPS) is 16.3. The minimum absolute atomic E-state index is 0.141. The summed E-state index contributed by atoms with van der Waals surface area (Å²) in [5.74, 6) is -0.712. The maximum atomic E-state index is 13.3. The van der Waals surface area contributed by atoms with Crippen LogP contribution in [0.5, 0.6) is 0 Å². The molecule has 1 unspecified atom stereocenters. The molecule has 6 nitrogen and oxygen atoms in total. The fourth-order valence-corrected chi connectivity index (χ4v) is 4.35. The average molecular weight is 426 g/mol. The second kappa shape index (κ2) is 8.23. The number of amides is 1. The molecule has 0 spiro atoms. The van der Waals surface area contributed by atoms with Crippen molar-refractivity contribution >= 4 is 22.6 Å². The SMILES string of the molecule is O=C(CCc1ccccc1)C1=C(O)C(=O)N(Cc2ccco2)C1c1c[nH]c2ccccc12. The van der Waals surface area contributed by atoms with Crippen LogP contribution in [0, 0.1) is 0 Å². The predicted octanol–water partition coefficient (Wildman–Crippen LogP) is 4.86. The quantitative estimate of drug-likeness (QED) is 0.442.